The van der Waals surface area contributed by atoms with Crippen molar-refractivity contribution in [2.24, 2.45) is 0 Å². The second kappa shape index (κ2) is 6.92. The number of hydrogen-bond donors (Lipinski definition) is 2. The maximum Gasteiger partial charge on any atom is 0.138 e. The molecule has 0 unspecified atom stereocenters. The average molecular weight is 364 g/mol. The highest BCUT2D eigenvalue weighted by Crippen LogP contribution is 2.26. The van der Waals surface area contributed by atoms with Gasteiger partial charge in [0.2, 0.25) is 0 Å². The van der Waals surface area contributed by atoms with Crippen molar-refractivity contribution in [1.29, 1.82) is 0 Å². The van der Waals surface area contributed by atoms with Crippen LogP contribution < -0.4 is 5.32 Å². The minimum atomic E-state index is 0.824. The third-order valence-corrected chi connectivity index (χ3v) is 4.46. The molecule has 2 aromatic carbocycles. The van der Waals surface area contributed by atoms with Gasteiger partial charge in [0.15, 0.2) is 0 Å². The van der Waals surface area contributed by atoms with Gasteiger partial charge >= 0.3 is 0 Å². The number of benzene rings is 2. The molecule has 134 valence electrons. The summed E-state index contributed by atoms with van der Waals surface area (Å²) < 4.78 is 0. The predicted octanol–water partition coefficient (Wildman–Crippen LogP) is 4.83. The van der Waals surface area contributed by atoms with Crippen LogP contribution in [0.3, 0.4) is 0 Å². The molecule has 0 spiro atoms. The van der Waals surface area contributed by atoms with Crippen molar-refractivity contribution in [3.05, 3.63) is 85.3 Å². The van der Waals surface area contributed by atoms with Crippen LogP contribution in [0.2, 0.25) is 0 Å². The van der Waals surface area contributed by atoms with Crippen LogP contribution in [0, 0.1) is 0 Å². The topological polar surface area (TPSA) is 79.4 Å². The number of hydrogen-bond acceptors (Lipinski definition) is 5. The van der Waals surface area contributed by atoms with Gasteiger partial charge in [0.1, 0.15) is 11.3 Å². The Morgan fingerprint density at radius 3 is 2.54 bits per heavy atom. The van der Waals surface area contributed by atoms with E-state index >= 15 is 0 Å². The Morgan fingerprint density at radius 1 is 0.786 bits per heavy atom. The molecule has 0 aliphatic carbocycles. The van der Waals surface area contributed by atoms with E-state index in [0.29, 0.717) is 0 Å². The Kier molecular flexibility index (Phi) is 3.99. The van der Waals surface area contributed by atoms with Gasteiger partial charge < -0.3 is 10.3 Å². The van der Waals surface area contributed by atoms with Crippen molar-refractivity contribution < 1.29 is 0 Å². The van der Waals surface area contributed by atoms with E-state index in [9.17, 15) is 0 Å². The van der Waals surface area contributed by atoms with Gasteiger partial charge in [-0.1, -0.05) is 24.3 Å². The van der Waals surface area contributed by atoms with Crippen molar-refractivity contribution in [2.75, 3.05) is 5.32 Å². The van der Waals surface area contributed by atoms with E-state index < -0.39 is 0 Å². The Labute approximate surface area is 161 Å². The van der Waals surface area contributed by atoms with Crippen LogP contribution in [0.4, 0.5) is 11.4 Å². The highest BCUT2D eigenvalue weighted by molar-refractivity contribution is 5.79. The Hall–Kier alpha value is -4.06. The minimum Gasteiger partial charge on any atom is -0.356 e. The number of nitrogens with zero attached hydrogens (tertiary/aromatic N) is 4. The molecule has 0 radical (unpaired) electrons. The van der Waals surface area contributed by atoms with Gasteiger partial charge in [-0.15, -0.1) is 0 Å². The van der Waals surface area contributed by atoms with E-state index in [-0.39, 0.29) is 0 Å². The number of pyridine rings is 1. The molecule has 28 heavy (non-hydrogen) atoms. The van der Waals surface area contributed by atoms with E-state index in [0.717, 1.165) is 45.1 Å². The Bertz CT molecular complexity index is 1200. The van der Waals surface area contributed by atoms with Crippen molar-refractivity contribution in [3.63, 3.8) is 0 Å². The van der Waals surface area contributed by atoms with Gasteiger partial charge in [-0.25, -0.2) is 4.98 Å². The van der Waals surface area contributed by atoms with E-state index in [1.807, 2.05) is 60.7 Å². The fraction of sp³-hybridized carbons (Fsp3) is 0. The molecule has 0 saturated carbocycles. The highest BCUT2D eigenvalue weighted by atomic mass is 15.1. The third-order valence-electron chi connectivity index (χ3n) is 4.46. The number of anilines is 2. The number of imidazole rings is 1. The number of aromatic nitrogens is 5. The number of aromatic amines is 1. The van der Waals surface area contributed by atoms with Gasteiger partial charge in [0, 0.05) is 34.9 Å². The van der Waals surface area contributed by atoms with Crippen LogP contribution in [0.1, 0.15) is 0 Å². The number of fused-ring (bicyclic) bond motifs is 1. The molecular weight excluding hydrogens is 348 g/mol. The molecule has 2 N–H and O–H groups in total. The maximum atomic E-state index is 4.62. The summed E-state index contributed by atoms with van der Waals surface area (Å²) in [5, 5.41) is 11.5. The molecule has 0 aliphatic heterocycles. The summed E-state index contributed by atoms with van der Waals surface area (Å²) in [5.41, 5.74) is 6.72. The smallest absolute Gasteiger partial charge is 0.138 e. The van der Waals surface area contributed by atoms with Crippen LogP contribution in [-0.2, 0) is 0 Å². The zero-order valence-corrected chi connectivity index (χ0v) is 14.9. The number of H-pyrrole nitrogens is 1. The maximum absolute atomic E-state index is 4.62. The molecule has 5 aromatic rings. The van der Waals surface area contributed by atoms with E-state index in [1.54, 1.807) is 18.6 Å². The van der Waals surface area contributed by atoms with Crippen molar-refractivity contribution in [2.45, 2.75) is 0 Å². The van der Waals surface area contributed by atoms with Crippen LogP contribution >= 0.6 is 0 Å². The zero-order valence-electron chi connectivity index (χ0n) is 14.9. The molecule has 0 atom stereocenters. The normalized spacial score (nSPS) is 10.9. The fourth-order valence-corrected chi connectivity index (χ4v) is 3.08. The van der Waals surface area contributed by atoms with Crippen LogP contribution in [0.5, 0.6) is 0 Å². The molecule has 6 nitrogen and oxygen atoms in total. The third kappa shape index (κ3) is 3.19. The molecule has 5 rings (SSSR count). The summed E-state index contributed by atoms with van der Waals surface area (Å²) in [7, 11) is 0. The summed E-state index contributed by atoms with van der Waals surface area (Å²) in [6.45, 7) is 0. The minimum absolute atomic E-state index is 0.824. The summed E-state index contributed by atoms with van der Waals surface area (Å²) >= 11 is 0. The first kappa shape index (κ1) is 16.1. The molecule has 0 aliphatic rings. The molecule has 0 fully saturated rings. The summed E-state index contributed by atoms with van der Waals surface area (Å²) in [6, 6.07) is 22.0. The van der Waals surface area contributed by atoms with Gasteiger partial charge in [-0.2, -0.15) is 10.2 Å². The molecule has 6 heteroatoms. The van der Waals surface area contributed by atoms with Gasteiger partial charge in [-0.3, -0.25) is 4.98 Å². The molecule has 3 aromatic heterocycles. The lowest BCUT2D eigenvalue weighted by Gasteiger charge is -2.08. The standard InChI is InChI=1S/C22H16N6/c1-3-16(22-26-20-10-12-23-14-21(20)27-22)13-18(4-1)25-17-8-6-15(7-9-17)19-5-2-11-24-28-19/h1-14,25H,(H,26,27). The first-order valence-corrected chi connectivity index (χ1v) is 8.90. The number of nitrogens with one attached hydrogen (secondary N) is 2. The monoisotopic (exact) mass is 364 g/mol. The SMILES string of the molecule is c1cc(Nc2ccc(-c3cccnn3)cc2)cc(-c2nc3cnccc3[nH]2)c1. The van der Waals surface area contributed by atoms with Crippen molar-refractivity contribution >= 4 is 22.4 Å². The lowest BCUT2D eigenvalue weighted by Crippen LogP contribution is -1.92. The van der Waals surface area contributed by atoms with Crippen LogP contribution in [0.15, 0.2) is 85.3 Å². The molecule has 0 saturated heterocycles. The lowest BCUT2D eigenvalue weighted by atomic mass is 10.1. The molecule has 0 bridgehead atoms. The van der Waals surface area contributed by atoms with Crippen molar-refractivity contribution in [1.82, 2.24) is 25.1 Å². The van der Waals surface area contributed by atoms with E-state index in [4.69, 9.17) is 0 Å². The Balaban J connectivity index is 1.39. The van der Waals surface area contributed by atoms with Crippen LogP contribution in [0.25, 0.3) is 33.7 Å². The fourth-order valence-electron chi connectivity index (χ4n) is 3.08. The molecule has 3 heterocycles. The Morgan fingerprint density at radius 2 is 1.71 bits per heavy atom. The van der Waals surface area contributed by atoms with Crippen LogP contribution in [-0.4, -0.2) is 25.1 Å². The summed E-state index contributed by atoms with van der Waals surface area (Å²) in [6.07, 6.45) is 5.19. The highest BCUT2D eigenvalue weighted by Gasteiger charge is 2.06. The van der Waals surface area contributed by atoms with Crippen molar-refractivity contribution in [3.8, 4) is 22.6 Å². The van der Waals surface area contributed by atoms with Gasteiger partial charge in [0.25, 0.3) is 0 Å². The predicted molar refractivity (Wildman–Crippen MR) is 110 cm³/mol. The second-order valence-electron chi connectivity index (χ2n) is 6.37. The zero-order chi connectivity index (χ0) is 18.8. The largest absolute Gasteiger partial charge is 0.356 e. The first-order valence-electron chi connectivity index (χ1n) is 8.90. The first-order chi connectivity index (χ1) is 13.8. The molecule has 0 amide bonds. The summed E-state index contributed by atoms with van der Waals surface area (Å²) in [4.78, 5) is 12.1. The quantitative estimate of drug-likeness (QED) is 0.478. The van der Waals surface area contributed by atoms with E-state index in [2.05, 4.69) is 36.5 Å². The average Bonchev–Trinajstić information content (AvgIpc) is 3.20. The van der Waals surface area contributed by atoms with E-state index in [1.165, 1.54) is 0 Å². The number of rotatable bonds is 4. The lowest BCUT2D eigenvalue weighted by molar-refractivity contribution is 1.04. The molecular formula is C22H16N6. The summed E-state index contributed by atoms with van der Waals surface area (Å²) in [5.74, 6) is 0.824. The van der Waals surface area contributed by atoms with Gasteiger partial charge in [-0.05, 0) is 42.5 Å². The second-order valence-corrected chi connectivity index (χ2v) is 6.37. The van der Waals surface area contributed by atoms with Gasteiger partial charge in [0.05, 0.1) is 17.4 Å².